The van der Waals surface area contributed by atoms with Gasteiger partial charge in [0.1, 0.15) is 18.9 Å². The monoisotopic (exact) mass is 412 g/mol. The summed E-state index contributed by atoms with van der Waals surface area (Å²) in [5, 5.41) is 2.82. The first kappa shape index (κ1) is 20.2. The number of aromatic nitrogens is 1. The lowest BCUT2D eigenvalue weighted by Crippen LogP contribution is -2.16. The van der Waals surface area contributed by atoms with Crippen molar-refractivity contribution in [2.45, 2.75) is 12.8 Å². The highest BCUT2D eigenvalue weighted by Gasteiger charge is 2.16. The van der Waals surface area contributed by atoms with Gasteiger partial charge >= 0.3 is 0 Å². The van der Waals surface area contributed by atoms with Gasteiger partial charge in [0.2, 0.25) is 5.91 Å². The molecule has 0 saturated carbocycles. The second kappa shape index (κ2) is 9.59. The van der Waals surface area contributed by atoms with Gasteiger partial charge in [-0.25, -0.2) is 4.98 Å². The van der Waals surface area contributed by atoms with Gasteiger partial charge in [0.25, 0.3) is 0 Å². The topological polar surface area (TPSA) is 77.5 Å². The number of hydrogen-bond acceptors (Lipinski definition) is 5. The number of hydrogen-bond donors (Lipinski definition) is 1. The molecule has 0 atom stereocenters. The van der Waals surface area contributed by atoms with Crippen LogP contribution in [-0.2, 0) is 4.79 Å². The Labute approximate surface area is 180 Å². The van der Waals surface area contributed by atoms with Gasteiger partial charge in [0.15, 0.2) is 17.3 Å². The quantitative estimate of drug-likeness (QED) is 0.509. The van der Waals surface area contributed by atoms with E-state index in [1.54, 1.807) is 36.5 Å². The highest BCUT2D eigenvalue weighted by atomic mass is 16.6. The van der Waals surface area contributed by atoms with E-state index in [2.05, 4.69) is 22.1 Å². The third-order valence-corrected chi connectivity index (χ3v) is 4.59. The Morgan fingerprint density at radius 2 is 1.77 bits per heavy atom. The Bertz CT molecular complexity index is 1160. The molecule has 0 bridgehead atoms. The van der Waals surface area contributed by atoms with Gasteiger partial charge < -0.3 is 14.8 Å². The van der Waals surface area contributed by atoms with Crippen molar-refractivity contribution in [2.24, 2.45) is 0 Å². The average molecular weight is 412 g/mol. The van der Waals surface area contributed by atoms with Gasteiger partial charge in [-0.15, -0.1) is 0 Å². The molecule has 1 amide bonds. The number of ether oxygens (including phenoxy) is 2. The van der Waals surface area contributed by atoms with Crippen LogP contribution in [0.5, 0.6) is 11.5 Å². The minimum absolute atomic E-state index is 0.0805. The van der Waals surface area contributed by atoms with Crippen LogP contribution in [0.4, 0.5) is 5.69 Å². The zero-order valence-electron chi connectivity index (χ0n) is 16.8. The fourth-order valence-electron chi connectivity index (χ4n) is 3.06. The first-order valence-electron chi connectivity index (χ1n) is 9.93. The fraction of sp³-hybridized carbons (Fsp3) is 0.160. The highest BCUT2D eigenvalue weighted by Crippen LogP contribution is 2.31. The van der Waals surface area contributed by atoms with Crippen LogP contribution in [0.15, 0.2) is 66.9 Å². The fourth-order valence-corrected chi connectivity index (χ4v) is 3.06. The Morgan fingerprint density at radius 1 is 0.903 bits per heavy atom. The van der Waals surface area contributed by atoms with Gasteiger partial charge in [-0.05, 0) is 54.5 Å². The number of carbonyl (C=O) groups excluding carboxylic acids is 2. The molecule has 1 aliphatic rings. The lowest BCUT2D eigenvalue weighted by atomic mass is 10.1. The van der Waals surface area contributed by atoms with Crippen LogP contribution >= 0.6 is 0 Å². The molecule has 6 heteroatoms. The molecule has 3 aromatic rings. The number of rotatable bonds is 5. The van der Waals surface area contributed by atoms with Crippen molar-refractivity contribution in [2.75, 3.05) is 18.5 Å². The molecular weight excluding hydrogens is 392 g/mol. The predicted molar refractivity (Wildman–Crippen MR) is 116 cm³/mol. The number of Topliss-reactive ketones (excluding diaryl/α,β-unsaturated/α-hetero) is 1. The standard InChI is InChI=1S/C25H20N2O4/c28-22(19-8-11-23-24(17-19)31-15-14-30-23)10-12-25(29)27-21-6-3-4-18(16-21)7-9-20-5-1-2-13-26-20/h1-6,8,11,13,16-17H,10,12,14-15H2,(H,27,29). The smallest absolute Gasteiger partial charge is 0.224 e. The van der Waals surface area contributed by atoms with Crippen molar-refractivity contribution in [1.29, 1.82) is 0 Å². The first-order chi connectivity index (χ1) is 15.2. The third kappa shape index (κ3) is 5.49. The lowest BCUT2D eigenvalue weighted by molar-refractivity contribution is -0.116. The number of carbonyl (C=O) groups is 2. The van der Waals surface area contributed by atoms with Crippen molar-refractivity contribution in [1.82, 2.24) is 4.98 Å². The van der Waals surface area contributed by atoms with Crippen molar-refractivity contribution >= 4 is 17.4 Å². The zero-order chi connectivity index (χ0) is 21.5. The number of fused-ring (bicyclic) bond motifs is 1. The summed E-state index contributed by atoms with van der Waals surface area (Å²) >= 11 is 0. The van der Waals surface area contributed by atoms with Crippen LogP contribution in [0, 0.1) is 11.8 Å². The summed E-state index contributed by atoms with van der Waals surface area (Å²) < 4.78 is 11.0. The summed E-state index contributed by atoms with van der Waals surface area (Å²) in [6.45, 7) is 0.953. The lowest BCUT2D eigenvalue weighted by Gasteiger charge is -2.18. The first-order valence-corrected chi connectivity index (χ1v) is 9.93. The summed E-state index contributed by atoms with van der Waals surface area (Å²) in [4.78, 5) is 28.9. The molecular formula is C25H20N2O4. The van der Waals surface area contributed by atoms with E-state index in [-0.39, 0.29) is 24.5 Å². The number of anilines is 1. The average Bonchev–Trinajstić information content (AvgIpc) is 2.82. The molecule has 0 unspecified atom stereocenters. The number of ketones is 1. The molecule has 1 aliphatic heterocycles. The molecule has 2 heterocycles. The number of nitrogens with zero attached hydrogens (tertiary/aromatic N) is 1. The molecule has 4 rings (SSSR count). The number of amides is 1. The zero-order valence-corrected chi connectivity index (χ0v) is 16.8. The predicted octanol–water partition coefficient (Wildman–Crippen LogP) is 3.85. The SMILES string of the molecule is O=C(CCC(=O)c1ccc2c(c1)OCCO2)Nc1cccc(C#Cc2ccccn2)c1. The molecule has 0 radical (unpaired) electrons. The Balaban J connectivity index is 1.33. The second-order valence-corrected chi connectivity index (χ2v) is 6.88. The molecule has 0 aliphatic carbocycles. The maximum atomic E-state index is 12.5. The Kier molecular flexibility index (Phi) is 6.24. The largest absolute Gasteiger partial charge is 0.486 e. The molecule has 0 spiro atoms. The van der Waals surface area contributed by atoms with E-state index >= 15 is 0 Å². The molecule has 1 N–H and O–H groups in total. The van der Waals surface area contributed by atoms with Crippen molar-refractivity contribution < 1.29 is 19.1 Å². The van der Waals surface area contributed by atoms with E-state index in [0.29, 0.717) is 41.7 Å². The molecule has 154 valence electrons. The highest BCUT2D eigenvalue weighted by molar-refractivity contribution is 6.00. The maximum absolute atomic E-state index is 12.5. The second-order valence-electron chi connectivity index (χ2n) is 6.88. The van der Waals surface area contributed by atoms with Gasteiger partial charge in [0, 0.05) is 35.9 Å². The van der Waals surface area contributed by atoms with Crippen LogP contribution in [0.3, 0.4) is 0 Å². The minimum atomic E-state index is -0.235. The van der Waals surface area contributed by atoms with Crippen LogP contribution in [0.25, 0.3) is 0 Å². The van der Waals surface area contributed by atoms with E-state index in [9.17, 15) is 9.59 Å². The van der Waals surface area contributed by atoms with E-state index < -0.39 is 0 Å². The van der Waals surface area contributed by atoms with Crippen molar-refractivity contribution in [3.05, 3.63) is 83.7 Å². The van der Waals surface area contributed by atoms with Crippen molar-refractivity contribution in [3.63, 3.8) is 0 Å². The number of benzene rings is 2. The normalized spacial score (nSPS) is 11.7. The molecule has 31 heavy (non-hydrogen) atoms. The van der Waals surface area contributed by atoms with Crippen LogP contribution < -0.4 is 14.8 Å². The van der Waals surface area contributed by atoms with Crippen LogP contribution in [-0.4, -0.2) is 29.9 Å². The summed E-state index contributed by atoms with van der Waals surface area (Å²) in [6.07, 6.45) is 1.87. The summed E-state index contributed by atoms with van der Waals surface area (Å²) in [6, 6.07) is 17.9. The number of nitrogens with one attached hydrogen (secondary N) is 1. The maximum Gasteiger partial charge on any atom is 0.224 e. The summed E-state index contributed by atoms with van der Waals surface area (Å²) in [5.41, 5.74) is 2.57. The van der Waals surface area contributed by atoms with E-state index in [1.165, 1.54) is 0 Å². The van der Waals surface area contributed by atoms with Gasteiger partial charge in [-0.1, -0.05) is 18.1 Å². The van der Waals surface area contributed by atoms with E-state index in [1.807, 2.05) is 30.3 Å². The minimum Gasteiger partial charge on any atom is -0.486 e. The molecule has 0 saturated heterocycles. The summed E-state index contributed by atoms with van der Waals surface area (Å²) in [7, 11) is 0. The van der Waals surface area contributed by atoms with Crippen molar-refractivity contribution in [3.8, 4) is 23.3 Å². The van der Waals surface area contributed by atoms with Crippen LogP contribution in [0.2, 0.25) is 0 Å². The molecule has 6 nitrogen and oxygen atoms in total. The Hall–Kier alpha value is -4.11. The number of pyridine rings is 1. The van der Waals surface area contributed by atoms with E-state index in [4.69, 9.17) is 9.47 Å². The molecule has 1 aromatic heterocycles. The van der Waals surface area contributed by atoms with Gasteiger partial charge in [0.05, 0.1) is 0 Å². The van der Waals surface area contributed by atoms with Gasteiger partial charge in [-0.3, -0.25) is 9.59 Å². The summed E-state index contributed by atoms with van der Waals surface area (Å²) in [5.74, 6) is 6.85. The van der Waals surface area contributed by atoms with Gasteiger partial charge in [-0.2, -0.15) is 0 Å². The third-order valence-electron chi connectivity index (χ3n) is 4.59. The van der Waals surface area contributed by atoms with Crippen LogP contribution in [0.1, 0.15) is 34.5 Å². The molecule has 2 aromatic carbocycles. The van der Waals surface area contributed by atoms with E-state index in [0.717, 1.165) is 5.56 Å². The Morgan fingerprint density at radius 3 is 2.61 bits per heavy atom. The molecule has 0 fully saturated rings.